The van der Waals surface area contributed by atoms with Crippen LogP contribution in [0.15, 0.2) is 0 Å². The lowest BCUT2D eigenvalue weighted by Crippen LogP contribution is -2.53. The normalized spacial score (nSPS) is 17.1. The molecule has 0 spiro atoms. The monoisotopic (exact) mass is 320 g/mol. The number of hydrogen-bond acceptors (Lipinski definition) is 3. The van der Waals surface area contributed by atoms with Gasteiger partial charge in [-0.2, -0.15) is 30.7 Å². The van der Waals surface area contributed by atoms with Gasteiger partial charge in [0, 0.05) is 6.61 Å². The Bertz CT molecular complexity index is 291. The number of ether oxygens (including phenoxy) is 2. The molecule has 0 rings (SSSR count). The predicted molar refractivity (Wildman–Crippen MR) is 49.0 cm³/mol. The summed E-state index contributed by atoms with van der Waals surface area (Å²) in [6.07, 6.45) is -16.3. The minimum Gasteiger partial charge on any atom is -0.373 e. The van der Waals surface area contributed by atoms with E-state index in [1.54, 1.807) is 0 Å². The molecule has 0 bridgehead atoms. The molecule has 0 aliphatic rings. The molecule has 20 heavy (non-hydrogen) atoms. The second-order valence-corrected chi connectivity index (χ2v) is 3.74. The lowest BCUT2D eigenvalue weighted by molar-refractivity contribution is -0.424. The van der Waals surface area contributed by atoms with Crippen LogP contribution >= 0.6 is 0 Å². The van der Waals surface area contributed by atoms with Crippen LogP contribution in [0.5, 0.6) is 0 Å². The van der Waals surface area contributed by atoms with E-state index in [2.05, 4.69) is 9.47 Å². The highest BCUT2D eigenvalue weighted by Crippen LogP contribution is 2.46. The summed E-state index contributed by atoms with van der Waals surface area (Å²) in [5.74, 6) is -6.33. The number of aliphatic hydroxyl groups is 1. The van der Waals surface area contributed by atoms with Crippen molar-refractivity contribution in [3.8, 4) is 0 Å². The Balaban J connectivity index is 4.19. The molecule has 0 radical (unpaired) electrons. The third-order valence-electron chi connectivity index (χ3n) is 2.06. The molecular formula is C9H12F8O3. The summed E-state index contributed by atoms with van der Waals surface area (Å²) in [5.41, 5.74) is 0. The number of aliphatic hydroxyl groups excluding tert-OH is 1. The summed E-state index contributed by atoms with van der Waals surface area (Å²) >= 11 is 0. The first-order valence-corrected chi connectivity index (χ1v) is 5.23. The molecule has 11 heteroatoms. The van der Waals surface area contributed by atoms with Crippen molar-refractivity contribution in [2.45, 2.75) is 44.0 Å². The molecule has 0 aromatic carbocycles. The fraction of sp³-hybridized carbons (Fsp3) is 1.00. The van der Waals surface area contributed by atoms with Gasteiger partial charge in [-0.15, -0.1) is 0 Å². The highest BCUT2D eigenvalue weighted by atomic mass is 19.4. The van der Waals surface area contributed by atoms with E-state index in [9.17, 15) is 35.1 Å². The molecule has 0 saturated carbocycles. The van der Waals surface area contributed by atoms with E-state index < -0.39 is 50.3 Å². The van der Waals surface area contributed by atoms with Crippen molar-refractivity contribution in [1.82, 2.24) is 0 Å². The summed E-state index contributed by atoms with van der Waals surface area (Å²) in [4.78, 5) is 0. The van der Waals surface area contributed by atoms with Gasteiger partial charge in [0.15, 0.2) is 0 Å². The minimum atomic E-state index is -6.46. The largest absolute Gasteiger partial charge is 0.462 e. The molecule has 0 saturated heterocycles. The second-order valence-electron chi connectivity index (χ2n) is 3.74. The fourth-order valence-electron chi connectivity index (χ4n) is 0.864. The van der Waals surface area contributed by atoms with Gasteiger partial charge < -0.3 is 14.6 Å². The van der Waals surface area contributed by atoms with Crippen LogP contribution in [0.3, 0.4) is 0 Å². The van der Waals surface area contributed by atoms with Crippen LogP contribution in [-0.2, 0) is 9.47 Å². The van der Waals surface area contributed by atoms with Crippen LogP contribution in [0.4, 0.5) is 35.1 Å². The maximum Gasteiger partial charge on any atom is 0.462 e. The zero-order valence-electron chi connectivity index (χ0n) is 10.1. The van der Waals surface area contributed by atoms with E-state index in [1.807, 2.05) is 0 Å². The van der Waals surface area contributed by atoms with E-state index in [1.165, 1.54) is 0 Å². The number of hydrogen-bond donors (Lipinski definition) is 1. The van der Waals surface area contributed by atoms with Crippen LogP contribution in [0.2, 0.25) is 0 Å². The Kier molecular flexibility index (Phi) is 6.62. The van der Waals surface area contributed by atoms with Crippen molar-refractivity contribution in [2.24, 2.45) is 0 Å². The molecule has 2 atom stereocenters. The molecule has 0 heterocycles. The lowest BCUT2D eigenvalue weighted by Gasteiger charge is -2.27. The minimum absolute atomic E-state index is 0.476. The summed E-state index contributed by atoms with van der Waals surface area (Å²) in [5, 5.41) is 8.34. The van der Waals surface area contributed by atoms with Gasteiger partial charge in [-0.3, -0.25) is 0 Å². The van der Waals surface area contributed by atoms with E-state index in [-0.39, 0.29) is 0 Å². The Morgan fingerprint density at radius 2 is 1.50 bits per heavy atom. The zero-order chi connectivity index (χ0) is 16.2. The van der Waals surface area contributed by atoms with Gasteiger partial charge in [0.1, 0.15) is 6.10 Å². The van der Waals surface area contributed by atoms with E-state index in [4.69, 9.17) is 5.11 Å². The van der Waals surface area contributed by atoms with Crippen LogP contribution in [0.25, 0.3) is 0 Å². The summed E-state index contributed by atoms with van der Waals surface area (Å²) in [6.45, 7) is -0.554. The smallest absolute Gasteiger partial charge is 0.373 e. The molecule has 0 aromatic rings. The molecule has 1 N–H and O–H groups in total. The SMILES string of the molecule is CC(OCCCOC(F)(F)C(F)(F)C(F)(F)F)C(O)F. The molecule has 2 unspecified atom stereocenters. The van der Waals surface area contributed by atoms with Gasteiger partial charge in [0.05, 0.1) is 6.61 Å². The summed E-state index contributed by atoms with van der Waals surface area (Å²) in [6, 6.07) is 0. The molecule has 0 aliphatic carbocycles. The average Bonchev–Trinajstić information content (AvgIpc) is 2.26. The number of rotatable bonds is 8. The third kappa shape index (κ3) is 5.02. The van der Waals surface area contributed by atoms with Crippen LogP contribution in [-0.4, -0.2) is 49.0 Å². The zero-order valence-corrected chi connectivity index (χ0v) is 10.1. The molecule has 0 aliphatic heterocycles. The Labute approximate surface area is 108 Å². The maximum absolute atomic E-state index is 12.6. The average molecular weight is 320 g/mol. The number of alkyl halides is 8. The van der Waals surface area contributed by atoms with E-state index >= 15 is 0 Å². The van der Waals surface area contributed by atoms with Crippen molar-refractivity contribution in [2.75, 3.05) is 13.2 Å². The van der Waals surface area contributed by atoms with Gasteiger partial charge >= 0.3 is 18.2 Å². The highest BCUT2D eigenvalue weighted by Gasteiger charge is 2.74. The molecule has 0 aromatic heterocycles. The van der Waals surface area contributed by atoms with Crippen molar-refractivity contribution < 1.29 is 49.7 Å². The van der Waals surface area contributed by atoms with E-state index in [0.29, 0.717) is 0 Å². The first kappa shape index (κ1) is 19.3. The van der Waals surface area contributed by atoms with Crippen LogP contribution in [0, 0.1) is 0 Å². The van der Waals surface area contributed by atoms with Crippen molar-refractivity contribution in [3.05, 3.63) is 0 Å². The Morgan fingerprint density at radius 3 is 1.90 bits per heavy atom. The quantitative estimate of drug-likeness (QED) is 0.552. The van der Waals surface area contributed by atoms with Gasteiger partial charge in [-0.1, -0.05) is 0 Å². The Morgan fingerprint density at radius 1 is 1.00 bits per heavy atom. The van der Waals surface area contributed by atoms with Crippen LogP contribution in [0.1, 0.15) is 13.3 Å². The first-order valence-electron chi connectivity index (χ1n) is 5.23. The molecule has 3 nitrogen and oxygen atoms in total. The molecule has 0 amide bonds. The highest BCUT2D eigenvalue weighted by molar-refractivity contribution is 4.84. The van der Waals surface area contributed by atoms with Gasteiger partial charge in [-0.05, 0) is 13.3 Å². The topological polar surface area (TPSA) is 38.7 Å². The van der Waals surface area contributed by atoms with Crippen LogP contribution < -0.4 is 0 Å². The maximum atomic E-state index is 12.6. The lowest BCUT2D eigenvalue weighted by atomic mass is 10.3. The number of halogens is 8. The summed E-state index contributed by atoms with van der Waals surface area (Å²) in [7, 11) is 0. The van der Waals surface area contributed by atoms with Crippen molar-refractivity contribution in [3.63, 3.8) is 0 Å². The Hall–Kier alpha value is -0.680. The summed E-state index contributed by atoms with van der Waals surface area (Å²) < 4.78 is 105. The van der Waals surface area contributed by atoms with Gasteiger partial charge in [-0.25, -0.2) is 4.39 Å². The first-order chi connectivity index (χ1) is 8.83. The van der Waals surface area contributed by atoms with Gasteiger partial charge in [0.25, 0.3) is 0 Å². The van der Waals surface area contributed by atoms with E-state index in [0.717, 1.165) is 6.92 Å². The van der Waals surface area contributed by atoms with Crippen molar-refractivity contribution in [1.29, 1.82) is 0 Å². The molecule has 122 valence electrons. The molecular weight excluding hydrogens is 308 g/mol. The standard InChI is InChI=1S/C9H12F8O3/c1-5(6(10)18)19-3-2-4-20-9(16,17)7(11,12)8(13,14)15/h5-6,18H,2-4H2,1H3. The predicted octanol–water partition coefficient (Wildman–Crippen LogP) is 2.88. The third-order valence-corrected chi connectivity index (χ3v) is 2.06. The molecule has 0 fully saturated rings. The fourth-order valence-corrected chi connectivity index (χ4v) is 0.864. The second kappa shape index (κ2) is 6.85. The van der Waals surface area contributed by atoms with Crippen molar-refractivity contribution >= 4 is 0 Å². The van der Waals surface area contributed by atoms with Gasteiger partial charge in [0.2, 0.25) is 6.36 Å².